The van der Waals surface area contributed by atoms with Gasteiger partial charge < -0.3 is 4.29 Å². The Labute approximate surface area is 101 Å². The van der Waals surface area contributed by atoms with Crippen LogP contribution in [-0.2, 0) is 13.9 Å². The average molecular weight is 245 g/mol. The maximum Gasteiger partial charge on any atom is 0.325 e. The molecule has 1 rings (SSSR count). The van der Waals surface area contributed by atoms with E-state index < -0.39 is 5.97 Å². The third-order valence-electron chi connectivity index (χ3n) is 3.05. The van der Waals surface area contributed by atoms with Gasteiger partial charge in [-0.2, -0.15) is 0 Å². The van der Waals surface area contributed by atoms with Crippen LogP contribution in [0.15, 0.2) is 12.2 Å². The minimum Gasteiger partial charge on any atom is -0.348 e. The predicted molar refractivity (Wildman–Crippen MR) is 61.8 cm³/mol. The topological polar surface area (TPSA) is 43.4 Å². The predicted octanol–water partition coefficient (Wildman–Crippen LogP) is 3.03. The highest BCUT2D eigenvalue weighted by Crippen LogP contribution is 2.34. The van der Waals surface area contributed by atoms with Crippen molar-refractivity contribution in [3.05, 3.63) is 12.2 Å². The normalized spacial score (nSPS) is 25.2. The summed E-state index contributed by atoms with van der Waals surface area (Å²) < 4.78 is 4.13. The minimum absolute atomic E-state index is 0.0291. The molecule has 0 aromatic carbocycles. The molecule has 2 unspecified atom stereocenters. The lowest BCUT2D eigenvalue weighted by Crippen LogP contribution is -2.17. The smallest absolute Gasteiger partial charge is 0.325 e. The molecule has 16 heavy (non-hydrogen) atoms. The van der Waals surface area contributed by atoms with Gasteiger partial charge >= 0.3 is 5.97 Å². The summed E-state index contributed by atoms with van der Waals surface area (Å²) in [7, 11) is 0. The summed E-state index contributed by atoms with van der Waals surface area (Å²) in [6.45, 7) is 2.05. The molecule has 0 radical (unpaired) electrons. The summed E-state index contributed by atoms with van der Waals surface area (Å²) in [5.74, 6) is -0.113. The maximum absolute atomic E-state index is 11.6. The number of carbonyl (C=O) groups is 2. The molecular weight excluding hydrogens is 228 g/mol. The van der Waals surface area contributed by atoms with E-state index in [0.717, 1.165) is 19.3 Å². The molecule has 0 bridgehead atoms. The number of halogens is 1. The molecule has 1 aliphatic carbocycles. The number of ketones is 1. The number of Topliss-reactive ketones (excluding diaryl/α,β-unsaturated/α-hetero) is 1. The summed E-state index contributed by atoms with van der Waals surface area (Å²) in [6, 6.07) is 0. The molecule has 1 fully saturated rings. The fraction of sp³-hybridized carbons (Fsp3) is 0.667. The quantitative estimate of drug-likeness (QED) is 0.699. The minimum atomic E-state index is -0.439. The number of hydrogen-bond donors (Lipinski definition) is 0. The zero-order chi connectivity index (χ0) is 12.0. The summed E-state index contributed by atoms with van der Waals surface area (Å²) in [4.78, 5) is 22.7. The van der Waals surface area contributed by atoms with Crippen LogP contribution in [-0.4, -0.2) is 11.8 Å². The first kappa shape index (κ1) is 13.2. The number of allylic oxidation sites excluding steroid dienone is 2. The van der Waals surface area contributed by atoms with Crippen molar-refractivity contribution in [1.29, 1.82) is 0 Å². The van der Waals surface area contributed by atoms with Crippen molar-refractivity contribution in [3.63, 3.8) is 0 Å². The maximum atomic E-state index is 11.6. The summed E-state index contributed by atoms with van der Waals surface area (Å²) in [5.41, 5.74) is 0. The van der Waals surface area contributed by atoms with Crippen LogP contribution < -0.4 is 0 Å². The van der Waals surface area contributed by atoms with E-state index in [0.29, 0.717) is 6.42 Å². The van der Waals surface area contributed by atoms with Gasteiger partial charge in [-0.1, -0.05) is 19.1 Å². The molecule has 0 spiro atoms. The van der Waals surface area contributed by atoms with Crippen LogP contribution in [0.4, 0.5) is 0 Å². The Morgan fingerprint density at radius 3 is 2.94 bits per heavy atom. The highest BCUT2D eigenvalue weighted by Gasteiger charge is 2.35. The van der Waals surface area contributed by atoms with Crippen molar-refractivity contribution < 1.29 is 13.9 Å². The van der Waals surface area contributed by atoms with Crippen molar-refractivity contribution in [2.75, 3.05) is 0 Å². The van der Waals surface area contributed by atoms with E-state index in [2.05, 4.69) is 11.2 Å². The number of rotatable bonds is 5. The Bertz CT molecular complexity index is 286. The SMILES string of the molecule is CC/C=C\CC1C(=O)CCC1CC(=O)OCl. The van der Waals surface area contributed by atoms with Gasteiger partial charge in [-0.15, -0.1) is 0 Å². The van der Waals surface area contributed by atoms with Crippen LogP contribution in [0.3, 0.4) is 0 Å². The van der Waals surface area contributed by atoms with Gasteiger partial charge in [-0.25, -0.2) is 0 Å². The van der Waals surface area contributed by atoms with Crippen molar-refractivity contribution >= 4 is 23.6 Å². The van der Waals surface area contributed by atoms with E-state index in [-0.39, 0.29) is 24.0 Å². The highest BCUT2D eigenvalue weighted by atomic mass is 35.5. The van der Waals surface area contributed by atoms with Crippen LogP contribution in [0.5, 0.6) is 0 Å². The number of hydrogen-bond acceptors (Lipinski definition) is 3. The van der Waals surface area contributed by atoms with Crippen LogP contribution in [0.2, 0.25) is 0 Å². The summed E-state index contributed by atoms with van der Waals surface area (Å²) in [5, 5.41) is 0. The lowest BCUT2D eigenvalue weighted by Gasteiger charge is -2.14. The fourth-order valence-electron chi connectivity index (χ4n) is 2.20. The molecule has 90 valence electrons. The summed E-state index contributed by atoms with van der Waals surface area (Å²) in [6.07, 6.45) is 7.36. The number of carbonyl (C=O) groups excluding carboxylic acids is 2. The first-order valence-corrected chi connectivity index (χ1v) is 5.99. The first-order valence-electron chi connectivity index (χ1n) is 5.68. The molecule has 0 N–H and O–H groups in total. The van der Waals surface area contributed by atoms with Crippen LogP contribution >= 0.6 is 11.9 Å². The van der Waals surface area contributed by atoms with Crippen molar-refractivity contribution in [1.82, 2.24) is 0 Å². The Kier molecular flexibility index (Phi) is 5.53. The Hall–Kier alpha value is -0.830. The molecule has 1 aliphatic rings. The monoisotopic (exact) mass is 244 g/mol. The molecule has 0 saturated heterocycles. The van der Waals surface area contributed by atoms with E-state index in [9.17, 15) is 9.59 Å². The van der Waals surface area contributed by atoms with Gasteiger partial charge in [0.05, 0.1) is 6.42 Å². The molecule has 0 amide bonds. The molecule has 1 saturated carbocycles. The Morgan fingerprint density at radius 1 is 1.56 bits per heavy atom. The van der Waals surface area contributed by atoms with Crippen LogP contribution in [0.25, 0.3) is 0 Å². The molecule has 2 atom stereocenters. The molecule has 0 aliphatic heterocycles. The highest BCUT2D eigenvalue weighted by molar-refractivity contribution is 6.13. The van der Waals surface area contributed by atoms with Crippen molar-refractivity contribution in [2.24, 2.45) is 11.8 Å². The Balaban J connectivity index is 2.52. The molecule has 4 heteroatoms. The van der Waals surface area contributed by atoms with Gasteiger partial charge in [0.15, 0.2) is 0 Å². The third-order valence-corrected chi connectivity index (χ3v) is 3.22. The van der Waals surface area contributed by atoms with Gasteiger partial charge in [0.2, 0.25) is 0 Å². The van der Waals surface area contributed by atoms with E-state index in [4.69, 9.17) is 11.9 Å². The van der Waals surface area contributed by atoms with E-state index in [1.165, 1.54) is 0 Å². The van der Waals surface area contributed by atoms with Gasteiger partial charge in [-0.3, -0.25) is 9.59 Å². The summed E-state index contributed by atoms with van der Waals surface area (Å²) >= 11 is 4.99. The van der Waals surface area contributed by atoms with Gasteiger partial charge in [-0.05, 0) is 25.2 Å². The molecule has 0 aromatic heterocycles. The van der Waals surface area contributed by atoms with Gasteiger partial charge in [0, 0.05) is 12.3 Å². The lowest BCUT2D eigenvalue weighted by atomic mass is 9.89. The Morgan fingerprint density at radius 2 is 2.31 bits per heavy atom. The lowest BCUT2D eigenvalue weighted by molar-refractivity contribution is -0.135. The third kappa shape index (κ3) is 3.63. The molecule has 0 heterocycles. The molecule has 3 nitrogen and oxygen atoms in total. The second-order valence-corrected chi connectivity index (χ2v) is 4.29. The average Bonchev–Trinajstić information content (AvgIpc) is 2.61. The fourth-order valence-corrected chi connectivity index (χ4v) is 2.26. The second-order valence-electron chi connectivity index (χ2n) is 4.14. The van der Waals surface area contributed by atoms with Gasteiger partial charge in [0.1, 0.15) is 17.6 Å². The molecular formula is C12H17ClO3. The van der Waals surface area contributed by atoms with E-state index in [1.807, 2.05) is 12.2 Å². The van der Waals surface area contributed by atoms with Crippen molar-refractivity contribution in [2.45, 2.75) is 39.0 Å². The van der Waals surface area contributed by atoms with Crippen LogP contribution in [0.1, 0.15) is 39.0 Å². The standard InChI is InChI=1S/C12H17ClO3/c1-2-3-4-5-10-9(6-7-11(10)14)8-12(15)16-13/h3-4,9-10H,2,5-8H2,1H3/b4-3-. The second kappa shape index (κ2) is 6.69. The van der Waals surface area contributed by atoms with E-state index >= 15 is 0 Å². The van der Waals surface area contributed by atoms with Gasteiger partial charge in [0.25, 0.3) is 0 Å². The zero-order valence-electron chi connectivity index (χ0n) is 9.45. The largest absolute Gasteiger partial charge is 0.348 e. The van der Waals surface area contributed by atoms with Crippen molar-refractivity contribution in [3.8, 4) is 0 Å². The zero-order valence-corrected chi connectivity index (χ0v) is 10.2. The molecule has 0 aromatic rings. The van der Waals surface area contributed by atoms with E-state index in [1.54, 1.807) is 0 Å². The first-order chi connectivity index (χ1) is 7.69. The van der Waals surface area contributed by atoms with Crippen LogP contribution in [0, 0.1) is 11.8 Å².